The van der Waals surface area contributed by atoms with Crippen LogP contribution < -0.4 is 21.3 Å². The summed E-state index contributed by atoms with van der Waals surface area (Å²) < 4.78 is 26.7. The monoisotopic (exact) mass is 737 g/mol. The van der Waals surface area contributed by atoms with Gasteiger partial charge in [-0.15, -0.1) is 0 Å². The molecule has 1 saturated heterocycles. The van der Waals surface area contributed by atoms with Crippen LogP contribution in [0.3, 0.4) is 0 Å². The number of carbonyl (C=O) groups excluding carboxylic acids is 5. The highest BCUT2D eigenvalue weighted by atomic mass is 32.2. The predicted molar refractivity (Wildman–Crippen MR) is 199 cm³/mol. The predicted octanol–water partition coefficient (Wildman–Crippen LogP) is 4.71. The third-order valence-electron chi connectivity index (χ3n) is 11.4. The molecule has 3 fully saturated rings. The van der Waals surface area contributed by atoms with Crippen molar-refractivity contribution in [2.24, 2.45) is 35.0 Å². The molecule has 2 aliphatic carbocycles. The van der Waals surface area contributed by atoms with Crippen LogP contribution in [-0.4, -0.2) is 85.6 Å². The second-order valence-corrected chi connectivity index (χ2v) is 18.8. The molecule has 51 heavy (non-hydrogen) atoms. The molecule has 2 saturated carbocycles. The minimum atomic E-state index is -3.35. The molecule has 1 heterocycles. The molecule has 0 aromatic heterocycles. The van der Waals surface area contributed by atoms with Gasteiger partial charge in [0.15, 0.2) is 5.78 Å². The van der Waals surface area contributed by atoms with E-state index in [0.29, 0.717) is 58.0 Å². The van der Waals surface area contributed by atoms with Crippen LogP contribution in [0.4, 0.5) is 4.79 Å². The van der Waals surface area contributed by atoms with Gasteiger partial charge in [0, 0.05) is 37.5 Å². The number of Topliss-reactive ketones (excluding diaryl/α,β-unsaturated/α-hetero) is 2. The first-order chi connectivity index (χ1) is 24.0. The normalized spacial score (nSPS) is 24.9. The lowest BCUT2D eigenvalue weighted by Crippen LogP contribution is -2.57. The van der Waals surface area contributed by atoms with Gasteiger partial charge in [-0.2, -0.15) is 4.31 Å². The molecule has 4 N–H and O–H groups in total. The molecule has 1 aliphatic heterocycles. The van der Waals surface area contributed by atoms with Crippen LogP contribution in [-0.2, 0) is 29.2 Å². The zero-order valence-corrected chi connectivity index (χ0v) is 33.2. The van der Waals surface area contributed by atoms with Gasteiger partial charge in [0.1, 0.15) is 0 Å². The summed E-state index contributed by atoms with van der Waals surface area (Å²) in [6.45, 7) is 14.8. The summed E-state index contributed by atoms with van der Waals surface area (Å²) in [7, 11) is -3.35. The second kappa shape index (κ2) is 19.5. The Morgan fingerprint density at radius 3 is 2.04 bits per heavy atom. The number of sulfonamides is 1. The molecule has 0 aromatic rings. The summed E-state index contributed by atoms with van der Waals surface area (Å²) in [5, 5.41) is 11.6. The van der Waals surface area contributed by atoms with Crippen molar-refractivity contribution < 1.29 is 32.4 Å². The van der Waals surface area contributed by atoms with Crippen LogP contribution in [0.25, 0.3) is 0 Å². The minimum Gasteiger partial charge on any atom is -0.350 e. The highest BCUT2D eigenvalue weighted by molar-refractivity contribution is 7.89. The molecule has 13 heteroatoms. The van der Waals surface area contributed by atoms with Gasteiger partial charge in [-0.25, -0.2) is 13.2 Å². The number of nitrogens with zero attached hydrogens (tertiary/aromatic N) is 1. The Kier molecular flexibility index (Phi) is 16.4. The number of carbonyl (C=O) groups is 5. The van der Waals surface area contributed by atoms with Crippen molar-refractivity contribution in [2.75, 3.05) is 25.4 Å². The van der Waals surface area contributed by atoms with E-state index in [4.69, 9.17) is 0 Å². The first-order valence-corrected chi connectivity index (χ1v) is 21.3. The van der Waals surface area contributed by atoms with E-state index >= 15 is 0 Å². The highest BCUT2D eigenvalue weighted by Crippen LogP contribution is 2.38. The van der Waals surface area contributed by atoms with E-state index in [2.05, 4.69) is 35.1 Å². The van der Waals surface area contributed by atoms with E-state index in [1.165, 1.54) is 4.31 Å². The van der Waals surface area contributed by atoms with Gasteiger partial charge in [0.2, 0.25) is 21.7 Å². The van der Waals surface area contributed by atoms with Crippen LogP contribution >= 0.6 is 0 Å². The third kappa shape index (κ3) is 12.5. The van der Waals surface area contributed by atoms with Crippen molar-refractivity contribution >= 4 is 39.4 Å². The molecular formula is C38H67N5O7S. The number of nitrogens with one attached hydrogen (secondary N) is 4. The van der Waals surface area contributed by atoms with E-state index in [1.54, 1.807) is 6.92 Å². The summed E-state index contributed by atoms with van der Waals surface area (Å²) in [5.41, 5.74) is -0.429. The molecule has 4 amide bonds. The van der Waals surface area contributed by atoms with E-state index < -0.39 is 57.2 Å². The molecule has 6 atom stereocenters. The van der Waals surface area contributed by atoms with Crippen molar-refractivity contribution in [3.8, 4) is 0 Å². The lowest BCUT2D eigenvalue weighted by molar-refractivity contribution is -0.140. The SMILES string of the molecule is CCCCC(NC(=O)[C@H]1CCC(C(=O)[C@@H](NC(=O)N[C@H](CN2CCCS2(=O)=O)C(C)(C)C)C2CCCCC2)C[C@H](C(C)C)C1)C(=O)C(=O)NCC. The standard InChI is InChI=1S/C38H67N5O7S/c1-8-10-17-30(34(45)36(47)39-9-2)40-35(46)28-19-18-27(22-29(23-28)25(3)4)33(44)32(26-15-12-11-13-16-26)42-37(48)41-31(38(5,6)7)24-43-20-14-21-51(43,49)50/h25-32H,8-24H2,1-7H3,(H,39,47)(H,40,46)(H2,41,42,48)/t27?,28-,29-,30?,31+,32-/m0/s1. The number of hydrogen-bond donors (Lipinski definition) is 4. The Labute approximate surface area is 307 Å². The summed E-state index contributed by atoms with van der Waals surface area (Å²) in [6.07, 6.45) is 9.40. The average molecular weight is 738 g/mol. The topological polar surface area (TPSA) is 171 Å². The Hall–Kier alpha value is -2.54. The van der Waals surface area contributed by atoms with Gasteiger partial charge >= 0.3 is 6.03 Å². The summed E-state index contributed by atoms with van der Waals surface area (Å²) in [5.74, 6) is -1.90. The third-order valence-corrected chi connectivity index (χ3v) is 13.4. The number of urea groups is 1. The summed E-state index contributed by atoms with van der Waals surface area (Å²) in [6, 6.07) is -2.49. The molecule has 0 aromatic carbocycles. The smallest absolute Gasteiger partial charge is 0.315 e. The number of ketones is 2. The second-order valence-electron chi connectivity index (χ2n) is 16.7. The molecule has 0 spiro atoms. The first-order valence-electron chi connectivity index (χ1n) is 19.7. The number of likely N-dealkylation sites (N-methyl/N-ethyl adjacent to an activating group) is 1. The van der Waals surface area contributed by atoms with Crippen molar-refractivity contribution in [1.82, 2.24) is 25.6 Å². The molecular weight excluding hydrogens is 671 g/mol. The first kappa shape index (κ1) is 42.9. The minimum absolute atomic E-state index is 0.00324. The highest BCUT2D eigenvalue weighted by Gasteiger charge is 2.41. The number of hydrogen-bond acceptors (Lipinski definition) is 7. The Morgan fingerprint density at radius 1 is 0.824 bits per heavy atom. The molecule has 0 radical (unpaired) electrons. The zero-order chi connectivity index (χ0) is 37.9. The van der Waals surface area contributed by atoms with Gasteiger partial charge in [0.05, 0.1) is 17.8 Å². The maximum absolute atomic E-state index is 14.6. The Balaban J connectivity index is 1.78. The van der Waals surface area contributed by atoms with E-state index in [1.807, 2.05) is 27.7 Å². The van der Waals surface area contributed by atoms with Crippen molar-refractivity contribution in [3.63, 3.8) is 0 Å². The quantitative estimate of drug-likeness (QED) is 0.131. The fraction of sp³-hybridized carbons (Fsp3) is 0.868. The Bertz CT molecular complexity index is 1310. The van der Waals surface area contributed by atoms with Gasteiger partial charge < -0.3 is 21.3 Å². The lowest BCUT2D eigenvalue weighted by Gasteiger charge is -2.36. The largest absolute Gasteiger partial charge is 0.350 e. The molecule has 12 nitrogen and oxygen atoms in total. The number of amides is 4. The van der Waals surface area contributed by atoms with Crippen LogP contribution in [0.1, 0.15) is 132 Å². The van der Waals surface area contributed by atoms with Gasteiger partial charge in [-0.05, 0) is 81.5 Å². The fourth-order valence-electron chi connectivity index (χ4n) is 8.00. The maximum Gasteiger partial charge on any atom is 0.315 e. The van der Waals surface area contributed by atoms with Crippen molar-refractivity contribution in [2.45, 2.75) is 150 Å². The van der Waals surface area contributed by atoms with E-state index in [-0.39, 0.29) is 47.7 Å². The summed E-state index contributed by atoms with van der Waals surface area (Å²) in [4.78, 5) is 67.4. The van der Waals surface area contributed by atoms with E-state index in [9.17, 15) is 32.4 Å². The van der Waals surface area contributed by atoms with Crippen LogP contribution in [0.15, 0.2) is 0 Å². The van der Waals surface area contributed by atoms with Crippen LogP contribution in [0.2, 0.25) is 0 Å². The lowest BCUT2D eigenvalue weighted by atomic mass is 9.76. The molecule has 2 unspecified atom stereocenters. The van der Waals surface area contributed by atoms with Crippen molar-refractivity contribution in [3.05, 3.63) is 0 Å². The molecule has 292 valence electrons. The van der Waals surface area contributed by atoms with Crippen LogP contribution in [0, 0.1) is 35.0 Å². The molecule has 0 bridgehead atoms. The number of unbranched alkanes of at least 4 members (excludes halogenated alkanes) is 1. The van der Waals surface area contributed by atoms with Crippen molar-refractivity contribution in [1.29, 1.82) is 0 Å². The zero-order valence-electron chi connectivity index (χ0n) is 32.4. The number of rotatable bonds is 16. The van der Waals surface area contributed by atoms with Gasteiger partial charge in [0.25, 0.3) is 5.91 Å². The average Bonchev–Trinajstić information content (AvgIpc) is 3.26. The van der Waals surface area contributed by atoms with Gasteiger partial charge in [-0.1, -0.05) is 73.6 Å². The van der Waals surface area contributed by atoms with E-state index in [0.717, 1.165) is 38.5 Å². The molecule has 3 rings (SSSR count). The fourth-order valence-corrected chi connectivity index (χ4v) is 9.53. The summed E-state index contributed by atoms with van der Waals surface area (Å²) >= 11 is 0. The maximum atomic E-state index is 14.6. The van der Waals surface area contributed by atoms with Gasteiger partial charge in [-0.3, -0.25) is 19.2 Å². The molecule has 3 aliphatic rings. The van der Waals surface area contributed by atoms with Crippen LogP contribution in [0.5, 0.6) is 0 Å². The Morgan fingerprint density at radius 2 is 1.47 bits per heavy atom.